The summed E-state index contributed by atoms with van der Waals surface area (Å²) in [6.07, 6.45) is 1.62. The number of hydrogen-bond donors (Lipinski definition) is 1. The largest absolute Gasteiger partial charge is 0.368 e. The van der Waals surface area contributed by atoms with Gasteiger partial charge in [-0.3, -0.25) is 0 Å². The van der Waals surface area contributed by atoms with Gasteiger partial charge in [0.2, 0.25) is 5.95 Å². The fourth-order valence-corrected chi connectivity index (χ4v) is 1.61. The number of nitrogens with two attached hydrogens (primary N) is 1. The summed E-state index contributed by atoms with van der Waals surface area (Å²) in [6.45, 7) is 0. The molecule has 0 spiro atoms. The smallest absolute Gasteiger partial charge is 0.220 e. The molecule has 1 aromatic heterocycles. The first-order valence-electron chi connectivity index (χ1n) is 3.55. The summed E-state index contributed by atoms with van der Waals surface area (Å²) in [7, 11) is 0. The van der Waals surface area contributed by atoms with Crippen LogP contribution < -0.4 is 5.73 Å². The molecule has 0 aliphatic rings. The lowest BCUT2D eigenvalue weighted by atomic mass is 10.2. The first kappa shape index (κ1) is 8.72. The Balaban J connectivity index is 2.87. The van der Waals surface area contributed by atoms with E-state index in [4.69, 9.17) is 17.3 Å². The topological polar surface area (TPSA) is 51.8 Å². The first-order chi connectivity index (χ1) is 6.18. The zero-order chi connectivity index (χ0) is 9.42. The van der Waals surface area contributed by atoms with Gasteiger partial charge in [0, 0.05) is 16.1 Å². The van der Waals surface area contributed by atoms with E-state index in [1.807, 2.05) is 12.1 Å². The van der Waals surface area contributed by atoms with Gasteiger partial charge in [0.05, 0.1) is 10.5 Å². The van der Waals surface area contributed by atoms with Crippen LogP contribution in [0.4, 0.5) is 5.95 Å². The number of fused-ring (bicyclic) bond motifs is 1. The van der Waals surface area contributed by atoms with Gasteiger partial charge < -0.3 is 5.73 Å². The zero-order valence-corrected chi connectivity index (χ0v) is 8.80. The quantitative estimate of drug-likeness (QED) is 0.790. The molecule has 0 aliphatic heterocycles. The molecule has 0 bridgehead atoms. The van der Waals surface area contributed by atoms with Crippen molar-refractivity contribution in [2.45, 2.75) is 0 Å². The molecule has 0 atom stereocenters. The van der Waals surface area contributed by atoms with Crippen molar-refractivity contribution in [1.29, 1.82) is 0 Å². The average Bonchev–Trinajstić information content (AvgIpc) is 2.12. The molecular weight excluding hydrogens is 253 g/mol. The van der Waals surface area contributed by atoms with E-state index in [0.29, 0.717) is 5.02 Å². The van der Waals surface area contributed by atoms with Crippen LogP contribution in [0.1, 0.15) is 0 Å². The van der Waals surface area contributed by atoms with Crippen LogP contribution >= 0.6 is 27.5 Å². The summed E-state index contributed by atoms with van der Waals surface area (Å²) >= 11 is 9.33. The highest BCUT2D eigenvalue weighted by Gasteiger charge is 2.04. The van der Waals surface area contributed by atoms with Crippen LogP contribution in [0.15, 0.2) is 22.8 Å². The van der Waals surface area contributed by atoms with E-state index >= 15 is 0 Å². The second kappa shape index (κ2) is 3.12. The first-order valence-corrected chi connectivity index (χ1v) is 4.72. The van der Waals surface area contributed by atoms with Crippen molar-refractivity contribution in [3.63, 3.8) is 0 Å². The number of anilines is 1. The van der Waals surface area contributed by atoms with Gasteiger partial charge in [-0.15, -0.1) is 0 Å². The van der Waals surface area contributed by atoms with E-state index in [2.05, 4.69) is 25.9 Å². The number of halogens is 2. The molecule has 0 fully saturated rings. The number of rotatable bonds is 0. The molecule has 2 rings (SSSR count). The van der Waals surface area contributed by atoms with Gasteiger partial charge in [0.25, 0.3) is 0 Å². The Morgan fingerprint density at radius 1 is 1.38 bits per heavy atom. The summed E-state index contributed by atoms with van der Waals surface area (Å²) in [4.78, 5) is 7.91. The number of hydrogen-bond acceptors (Lipinski definition) is 3. The van der Waals surface area contributed by atoms with Gasteiger partial charge in [0.15, 0.2) is 0 Å². The highest BCUT2D eigenvalue weighted by atomic mass is 79.9. The molecule has 0 amide bonds. The average molecular weight is 259 g/mol. The highest BCUT2D eigenvalue weighted by molar-refractivity contribution is 9.10. The molecule has 0 aliphatic carbocycles. The zero-order valence-electron chi connectivity index (χ0n) is 6.46. The van der Waals surface area contributed by atoms with Crippen LogP contribution in [0.5, 0.6) is 0 Å². The molecule has 13 heavy (non-hydrogen) atoms. The van der Waals surface area contributed by atoms with Crippen LogP contribution in [0.2, 0.25) is 5.02 Å². The second-order valence-corrected chi connectivity index (χ2v) is 3.75. The number of benzene rings is 1. The lowest BCUT2D eigenvalue weighted by Gasteiger charge is -2.01. The number of nitrogen functional groups attached to an aromatic ring is 1. The predicted molar refractivity (Wildman–Crippen MR) is 56.7 cm³/mol. The summed E-state index contributed by atoms with van der Waals surface area (Å²) in [5.74, 6) is 0.255. The van der Waals surface area contributed by atoms with Crippen molar-refractivity contribution >= 4 is 44.4 Å². The third-order valence-electron chi connectivity index (χ3n) is 1.67. The van der Waals surface area contributed by atoms with Gasteiger partial charge in [-0.05, 0) is 28.1 Å². The van der Waals surface area contributed by atoms with Crippen molar-refractivity contribution in [2.75, 3.05) is 5.73 Å². The molecule has 3 nitrogen and oxygen atoms in total. The van der Waals surface area contributed by atoms with Gasteiger partial charge in [-0.2, -0.15) is 0 Å². The maximum absolute atomic E-state index is 6.01. The van der Waals surface area contributed by atoms with Crippen molar-refractivity contribution in [3.8, 4) is 0 Å². The minimum atomic E-state index is 0.255. The standard InChI is InChI=1S/C8H5BrClN3/c9-5-1-2-6-4(7(5)10)3-12-8(11)13-6/h1-3H,(H2,11,12,13). The maximum atomic E-state index is 6.01. The molecular formula is C8H5BrClN3. The van der Waals surface area contributed by atoms with Crippen molar-refractivity contribution < 1.29 is 0 Å². The lowest BCUT2D eigenvalue weighted by molar-refractivity contribution is 1.24. The van der Waals surface area contributed by atoms with Crippen LogP contribution in [-0.4, -0.2) is 9.97 Å². The van der Waals surface area contributed by atoms with Crippen LogP contribution in [-0.2, 0) is 0 Å². The summed E-state index contributed by atoms with van der Waals surface area (Å²) in [6, 6.07) is 3.67. The molecule has 1 aromatic carbocycles. The summed E-state index contributed by atoms with van der Waals surface area (Å²) in [5, 5.41) is 1.41. The molecule has 1 heterocycles. The fraction of sp³-hybridized carbons (Fsp3) is 0. The molecule has 0 unspecified atom stereocenters. The molecule has 2 N–H and O–H groups in total. The van der Waals surface area contributed by atoms with E-state index in [1.165, 1.54) is 0 Å². The summed E-state index contributed by atoms with van der Waals surface area (Å²) in [5.41, 5.74) is 6.19. The summed E-state index contributed by atoms with van der Waals surface area (Å²) < 4.78 is 0.829. The van der Waals surface area contributed by atoms with Crippen molar-refractivity contribution in [2.24, 2.45) is 0 Å². The number of nitrogens with zero attached hydrogens (tertiary/aromatic N) is 2. The molecule has 2 aromatic rings. The predicted octanol–water partition coefficient (Wildman–Crippen LogP) is 2.63. The van der Waals surface area contributed by atoms with Crippen molar-refractivity contribution in [1.82, 2.24) is 9.97 Å². The van der Waals surface area contributed by atoms with Gasteiger partial charge >= 0.3 is 0 Å². The Morgan fingerprint density at radius 2 is 2.15 bits per heavy atom. The third kappa shape index (κ3) is 1.47. The minimum absolute atomic E-state index is 0.255. The van der Waals surface area contributed by atoms with Gasteiger partial charge in [0.1, 0.15) is 0 Å². The highest BCUT2D eigenvalue weighted by Crippen LogP contribution is 2.29. The van der Waals surface area contributed by atoms with Crippen molar-refractivity contribution in [3.05, 3.63) is 27.8 Å². The van der Waals surface area contributed by atoms with E-state index in [1.54, 1.807) is 6.20 Å². The van der Waals surface area contributed by atoms with E-state index in [0.717, 1.165) is 15.4 Å². The maximum Gasteiger partial charge on any atom is 0.220 e. The number of aromatic nitrogens is 2. The van der Waals surface area contributed by atoms with Crippen LogP contribution in [0.3, 0.4) is 0 Å². The molecule has 0 saturated heterocycles. The van der Waals surface area contributed by atoms with Crippen LogP contribution in [0, 0.1) is 0 Å². The molecule has 0 saturated carbocycles. The Hall–Kier alpha value is -0.870. The van der Waals surface area contributed by atoms with E-state index in [-0.39, 0.29) is 5.95 Å². The monoisotopic (exact) mass is 257 g/mol. The third-order valence-corrected chi connectivity index (χ3v) is 2.97. The Morgan fingerprint density at radius 3 is 2.92 bits per heavy atom. The fourth-order valence-electron chi connectivity index (χ4n) is 1.06. The van der Waals surface area contributed by atoms with E-state index < -0.39 is 0 Å². The van der Waals surface area contributed by atoms with Gasteiger partial charge in [-0.25, -0.2) is 9.97 Å². The Bertz CT molecular complexity index is 472. The molecule has 0 radical (unpaired) electrons. The molecule has 66 valence electrons. The SMILES string of the molecule is Nc1ncc2c(Cl)c(Br)ccc2n1. The Labute approximate surface area is 88.1 Å². The van der Waals surface area contributed by atoms with Crippen LogP contribution in [0.25, 0.3) is 10.9 Å². The normalized spacial score (nSPS) is 10.6. The second-order valence-electron chi connectivity index (χ2n) is 2.52. The van der Waals surface area contributed by atoms with E-state index in [9.17, 15) is 0 Å². The Kier molecular flexibility index (Phi) is 2.09. The van der Waals surface area contributed by atoms with Gasteiger partial charge in [-0.1, -0.05) is 11.6 Å². The minimum Gasteiger partial charge on any atom is -0.368 e. The molecule has 5 heteroatoms. The lowest BCUT2D eigenvalue weighted by Crippen LogP contribution is -1.94.